The number of carbonyl (C=O) groups excluding carboxylic acids is 1. The van der Waals surface area contributed by atoms with Crippen molar-refractivity contribution in [3.63, 3.8) is 0 Å². The first-order chi connectivity index (χ1) is 11.5. The number of benzene rings is 1. The van der Waals surface area contributed by atoms with Crippen LogP contribution in [0.4, 0.5) is 5.69 Å². The second-order valence-corrected chi connectivity index (χ2v) is 6.15. The van der Waals surface area contributed by atoms with E-state index in [0.29, 0.717) is 12.8 Å². The molecule has 0 aliphatic rings. The Morgan fingerprint density at radius 3 is 2.71 bits per heavy atom. The summed E-state index contributed by atoms with van der Waals surface area (Å²) in [6.07, 6.45) is 1.05. The molecular weight excluding hydrogens is 302 g/mol. The molecule has 1 aromatic carbocycles. The molecule has 0 aliphatic heterocycles. The van der Waals surface area contributed by atoms with Gasteiger partial charge in [-0.25, -0.2) is 0 Å². The molecule has 2 aromatic heterocycles. The van der Waals surface area contributed by atoms with Crippen LogP contribution in [0.3, 0.4) is 0 Å². The number of hydrogen-bond acceptors (Lipinski definition) is 3. The third-order valence-electron chi connectivity index (χ3n) is 4.49. The Balaban J connectivity index is 1.69. The van der Waals surface area contributed by atoms with E-state index in [-0.39, 0.29) is 5.91 Å². The zero-order chi connectivity index (χ0) is 17.3. The van der Waals surface area contributed by atoms with Crippen molar-refractivity contribution in [1.82, 2.24) is 9.72 Å². The lowest BCUT2D eigenvalue weighted by Crippen LogP contribution is -2.12. The van der Waals surface area contributed by atoms with E-state index in [1.54, 1.807) is 0 Å². The number of nitrogens with zero attached hydrogens (tertiary/aromatic N) is 2. The molecule has 0 atom stereocenters. The average Bonchev–Trinajstić information content (AvgIpc) is 3.03. The largest absolute Gasteiger partial charge is 0.361 e. The first-order valence-electron chi connectivity index (χ1n) is 8.31. The van der Waals surface area contributed by atoms with Gasteiger partial charge in [-0.3, -0.25) is 4.79 Å². The van der Waals surface area contributed by atoms with Gasteiger partial charge in [0.05, 0.1) is 5.69 Å². The number of amides is 1. The molecule has 126 valence electrons. The maximum absolute atomic E-state index is 12.2. The summed E-state index contributed by atoms with van der Waals surface area (Å²) in [5.74, 6) is 0.791. The fourth-order valence-electron chi connectivity index (χ4n) is 3.23. The van der Waals surface area contributed by atoms with Crippen LogP contribution in [0.2, 0.25) is 0 Å². The molecule has 1 N–H and O–H groups in total. The van der Waals surface area contributed by atoms with Crippen LogP contribution in [0.25, 0.3) is 10.9 Å². The Hall–Kier alpha value is -2.56. The monoisotopic (exact) mass is 325 g/mol. The maximum atomic E-state index is 12.2. The van der Waals surface area contributed by atoms with Gasteiger partial charge in [0.1, 0.15) is 5.76 Å². The second-order valence-electron chi connectivity index (χ2n) is 6.15. The molecule has 3 rings (SSSR count). The van der Waals surface area contributed by atoms with Gasteiger partial charge in [-0.05, 0) is 58.4 Å². The average molecular weight is 325 g/mol. The molecule has 0 saturated carbocycles. The summed E-state index contributed by atoms with van der Waals surface area (Å²) in [5, 5.41) is 8.06. The van der Waals surface area contributed by atoms with E-state index < -0.39 is 0 Å². The summed E-state index contributed by atoms with van der Waals surface area (Å²) in [4.78, 5) is 12.2. The zero-order valence-corrected chi connectivity index (χ0v) is 14.6. The molecule has 0 aliphatic carbocycles. The topological polar surface area (TPSA) is 60.1 Å². The van der Waals surface area contributed by atoms with Gasteiger partial charge in [-0.15, -0.1) is 0 Å². The van der Waals surface area contributed by atoms with E-state index in [1.807, 2.05) is 26.0 Å². The number of carbonyl (C=O) groups is 1. The molecular formula is C19H23N3O2. The van der Waals surface area contributed by atoms with Gasteiger partial charge in [0.2, 0.25) is 5.91 Å². The Morgan fingerprint density at radius 2 is 2.04 bits per heavy atom. The highest BCUT2D eigenvalue weighted by Gasteiger charge is 2.12. The SMILES string of the molecule is CCn1c(C)cc2cc(NC(=O)CCc3c(C)noc3C)ccc21. The number of aromatic nitrogens is 2. The van der Waals surface area contributed by atoms with Gasteiger partial charge in [0.15, 0.2) is 0 Å². The molecule has 0 radical (unpaired) electrons. The molecule has 5 nitrogen and oxygen atoms in total. The standard InChI is InChI=1S/C19H23N3O2/c1-5-22-12(2)10-15-11-16(6-8-18(15)22)20-19(23)9-7-17-13(3)21-24-14(17)4/h6,8,10-11H,5,7,9H2,1-4H3,(H,20,23). The number of hydrogen-bond donors (Lipinski definition) is 1. The summed E-state index contributed by atoms with van der Waals surface area (Å²) in [5.41, 5.74) is 5.15. The van der Waals surface area contributed by atoms with Crippen molar-refractivity contribution in [1.29, 1.82) is 0 Å². The summed E-state index contributed by atoms with van der Waals surface area (Å²) in [6, 6.07) is 8.21. The van der Waals surface area contributed by atoms with Gasteiger partial charge in [0, 0.05) is 40.8 Å². The van der Waals surface area contributed by atoms with Crippen LogP contribution < -0.4 is 5.32 Å². The smallest absolute Gasteiger partial charge is 0.224 e. The highest BCUT2D eigenvalue weighted by molar-refractivity contribution is 5.94. The van der Waals surface area contributed by atoms with Crippen molar-refractivity contribution < 1.29 is 9.32 Å². The van der Waals surface area contributed by atoms with E-state index in [4.69, 9.17) is 4.52 Å². The number of anilines is 1. The molecule has 24 heavy (non-hydrogen) atoms. The number of aryl methyl sites for hydroxylation is 4. The lowest BCUT2D eigenvalue weighted by atomic mass is 10.1. The van der Waals surface area contributed by atoms with Gasteiger partial charge < -0.3 is 14.4 Å². The zero-order valence-electron chi connectivity index (χ0n) is 14.6. The maximum Gasteiger partial charge on any atom is 0.224 e. The number of nitrogens with one attached hydrogen (secondary N) is 1. The van der Waals surface area contributed by atoms with E-state index in [0.717, 1.165) is 34.6 Å². The van der Waals surface area contributed by atoms with Gasteiger partial charge in [0.25, 0.3) is 0 Å². The number of fused-ring (bicyclic) bond motifs is 1. The van der Waals surface area contributed by atoms with Gasteiger partial charge in [-0.2, -0.15) is 0 Å². The third-order valence-corrected chi connectivity index (χ3v) is 4.49. The van der Waals surface area contributed by atoms with Gasteiger partial charge in [-0.1, -0.05) is 5.16 Å². The normalized spacial score (nSPS) is 11.2. The van der Waals surface area contributed by atoms with Crippen LogP contribution in [0.1, 0.15) is 36.1 Å². The third kappa shape index (κ3) is 3.07. The van der Waals surface area contributed by atoms with Crippen LogP contribution in [-0.2, 0) is 17.8 Å². The molecule has 2 heterocycles. The molecule has 0 saturated heterocycles. The van der Waals surface area contributed by atoms with E-state index in [9.17, 15) is 4.79 Å². The van der Waals surface area contributed by atoms with Crippen molar-refractivity contribution in [2.45, 2.75) is 47.1 Å². The van der Waals surface area contributed by atoms with Gasteiger partial charge >= 0.3 is 0 Å². The predicted molar refractivity (Wildman–Crippen MR) is 95.3 cm³/mol. The van der Waals surface area contributed by atoms with E-state index in [1.165, 1.54) is 11.2 Å². The second kappa shape index (κ2) is 6.51. The highest BCUT2D eigenvalue weighted by Crippen LogP contribution is 2.23. The van der Waals surface area contributed by atoms with Crippen LogP contribution in [0.5, 0.6) is 0 Å². The van der Waals surface area contributed by atoms with Crippen molar-refractivity contribution in [2.24, 2.45) is 0 Å². The van der Waals surface area contributed by atoms with Crippen molar-refractivity contribution in [3.8, 4) is 0 Å². The van der Waals surface area contributed by atoms with Crippen molar-refractivity contribution >= 4 is 22.5 Å². The van der Waals surface area contributed by atoms with E-state index in [2.05, 4.69) is 41.0 Å². The number of rotatable bonds is 5. The summed E-state index contributed by atoms with van der Waals surface area (Å²) in [6.45, 7) is 8.96. The Labute approximate surface area is 141 Å². The van der Waals surface area contributed by atoms with Crippen molar-refractivity contribution in [3.05, 3.63) is 47.0 Å². The Kier molecular flexibility index (Phi) is 4.42. The summed E-state index contributed by atoms with van der Waals surface area (Å²) >= 11 is 0. The summed E-state index contributed by atoms with van der Waals surface area (Å²) in [7, 11) is 0. The fourth-order valence-corrected chi connectivity index (χ4v) is 3.23. The van der Waals surface area contributed by atoms with Crippen LogP contribution >= 0.6 is 0 Å². The first kappa shape index (κ1) is 16.3. The molecule has 0 fully saturated rings. The minimum Gasteiger partial charge on any atom is -0.361 e. The molecule has 3 aromatic rings. The lowest BCUT2D eigenvalue weighted by molar-refractivity contribution is -0.116. The fraction of sp³-hybridized carbons (Fsp3) is 0.368. The molecule has 1 amide bonds. The molecule has 5 heteroatoms. The van der Waals surface area contributed by atoms with E-state index >= 15 is 0 Å². The lowest BCUT2D eigenvalue weighted by Gasteiger charge is -2.07. The molecule has 0 bridgehead atoms. The minimum atomic E-state index is 0.000922. The predicted octanol–water partition coefficient (Wildman–Crippen LogP) is 4.15. The van der Waals surface area contributed by atoms with Crippen LogP contribution in [0.15, 0.2) is 28.8 Å². The highest BCUT2D eigenvalue weighted by atomic mass is 16.5. The quantitative estimate of drug-likeness (QED) is 0.766. The first-order valence-corrected chi connectivity index (χ1v) is 8.31. The molecule has 0 unspecified atom stereocenters. The van der Waals surface area contributed by atoms with Crippen molar-refractivity contribution in [2.75, 3.05) is 5.32 Å². The molecule has 0 spiro atoms. The Morgan fingerprint density at radius 1 is 1.25 bits per heavy atom. The van der Waals surface area contributed by atoms with Crippen LogP contribution in [0, 0.1) is 20.8 Å². The summed E-state index contributed by atoms with van der Waals surface area (Å²) < 4.78 is 7.40. The van der Waals surface area contributed by atoms with Crippen LogP contribution in [-0.4, -0.2) is 15.6 Å². The Bertz CT molecular complexity index is 870. The minimum absolute atomic E-state index is 0.000922.